The van der Waals surface area contributed by atoms with E-state index in [4.69, 9.17) is 9.97 Å². The molecule has 1 aliphatic carbocycles. The molecule has 0 atom stereocenters. The van der Waals surface area contributed by atoms with Crippen LogP contribution in [-0.4, -0.2) is 42.0 Å². The van der Waals surface area contributed by atoms with Crippen LogP contribution in [0.2, 0.25) is 0 Å². The second-order valence-corrected chi connectivity index (χ2v) is 10.9. The Morgan fingerprint density at radius 1 is 1.07 bits per heavy atom. The molecule has 3 aromatic heterocycles. The molecule has 1 saturated carbocycles. The zero-order valence-electron chi connectivity index (χ0n) is 23.3. The fourth-order valence-electron chi connectivity index (χ4n) is 4.98. The number of hydrogen-bond donors (Lipinski definition) is 2. The number of halogens is 3. The van der Waals surface area contributed by atoms with Crippen LogP contribution in [-0.2, 0) is 25.7 Å². The van der Waals surface area contributed by atoms with Crippen molar-refractivity contribution >= 4 is 11.6 Å². The summed E-state index contributed by atoms with van der Waals surface area (Å²) in [5.41, 5.74) is 3.20. The molecule has 4 heterocycles. The average Bonchev–Trinajstić information content (AvgIpc) is 3.67. The van der Waals surface area contributed by atoms with Gasteiger partial charge in [-0.15, -0.1) is 0 Å². The molecule has 1 aliphatic heterocycles. The second kappa shape index (κ2) is 11.0. The number of hydrogen-bond acceptors (Lipinski definition) is 8. The number of anilines is 2. The van der Waals surface area contributed by atoms with Gasteiger partial charge in [0.2, 0.25) is 0 Å². The molecule has 0 radical (unpaired) electrons. The van der Waals surface area contributed by atoms with E-state index in [9.17, 15) is 18.4 Å². The first-order valence-electron chi connectivity index (χ1n) is 13.9. The number of alkyl halides is 3. The maximum Gasteiger partial charge on any atom is 0.434 e. The van der Waals surface area contributed by atoms with E-state index in [1.54, 1.807) is 23.2 Å². The second-order valence-electron chi connectivity index (χ2n) is 10.9. The summed E-state index contributed by atoms with van der Waals surface area (Å²) in [5.74, 6) is 2.24. The molecule has 9 nitrogen and oxygen atoms in total. The van der Waals surface area contributed by atoms with Gasteiger partial charge in [0.1, 0.15) is 17.5 Å². The molecule has 0 saturated heterocycles. The van der Waals surface area contributed by atoms with E-state index in [2.05, 4.69) is 26.8 Å². The van der Waals surface area contributed by atoms with Crippen LogP contribution in [0.15, 0.2) is 48.8 Å². The summed E-state index contributed by atoms with van der Waals surface area (Å²) in [7, 11) is 0. The van der Waals surface area contributed by atoms with Crippen molar-refractivity contribution in [3.63, 3.8) is 0 Å². The first kappa shape index (κ1) is 27.5. The summed E-state index contributed by atoms with van der Waals surface area (Å²) in [4.78, 5) is 19.9. The Labute approximate surface area is 241 Å². The number of benzene rings is 1. The zero-order chi connectivity index (χ0) is 29.4. The van der Waals surface area contributed by atoms with Crippen LogP contribution in [0, 0.1) is 11.5 Å². The van der Waals surface area contributed by atoms with Gasteiger partial charge in [-0.25, -0.2) is 19.9 Å². The summed E-state index contributed by atoms with van der Waals surface area (Å²) in [6.45, 7) is 5.06. The number of fused-ring (bicyclic) bond motifs is 1. The Balaban J connectivity index is 1.28. The normalized spacial score (nSPS) is 14.9. The van der Waals surface area contributed by atoms with Gasteiger partial charge in [-0.2, -0.15) is 18.4 Å². The maximum absolute atomic E-state index is 13.3. The highest BCUT2D eigenvalue weighted by atomic mass is 19.4. The number of nitrogens with one attached hydrogen (secondary N) is 2. The molecule has 0 amide bonds. The largest absolute Gasteiger partial charge is 0.434 e. The Morgan fingerprint density at radius 3 is 2.55 bits per heavy atom. The molecule has 6 rings (SSSR count). The summed E-state index contributed by atoms with van der Waals surface area (Å²) in [5, 5.41) is 16.4. The van der Waals surface area contributed by atoms with E-state index >= 15 is 0 Å². The first-order valence-corrected chi connectivity index (χ1v) is 13.9. The van der Waals surface area contributed by atoms with E-state index in [1.807, 2.05) is 38.1 Å². The molecule has 4 aromatic rings. The zero-order valence-corrected chi connectivity index (χ0v) is 23.3. The standard InChI is InChI=1S/C30H30F3N9/c1-18(2)42-16-25(30(31,32)33)39-29(42)20-7-5-19(6-8-20)14-36-27-23-15-41(17-34)13-11-24(23)38-28(40-27)22-4-3-12-35-26(22)37-21-9-10-21/h3-8,12,16,18,21H,9-11,13-15H2,1-2H3,(H,35,37)(H,36,38,40). The van der Waals surface area contributed by atoms with Gasteiger partial charge in [0, 0.05) is 55.1 Å². The number of imidazole rings is 1. The van der Waals surface area contributed by atoms with Gasteiger partial charge < -0.3 is 20.1 Å². The van der Waals surface area contributed by atoms with E-state index in [1.165, 1.54) is 4.57 Å². The maximum atomic E-state index is 13.3. The van der Waals surface area contributed by atoms with Crippen LogP contribution in [0.1, 0.15) is 55.2 Å². The molecule has 0 bridgehead atoms. The van der Waals surface area contributed by atoms with Crippen molar-refractivity contribution in [2.45, 2.75) is 64.5 Å². The molecular weight excluding hydrogens is 543 g/mol. The molecule has 2 N–H and O–H groups in total. The van der Waals surface area contributed by atoms with Gasteiger partial charge >= 0.3 is 6.18 Å². The SMILES string of the molecule is CC(C)n1cc(C(F)(F)F)nc1-c1ccc(CNc2nc(-c3cccnc3NC3CC3)nc3c2CN(C#N)CC3)cc1. The molecule has 1 fully saturated rings. The molecule has 216 valence electrons. The van der Waals surface area contributed by atoms with E-state index in [0.29, 0.717) is 49.3 Å². The van der Waals surface area contributed by atoms with Crippen molar-refractivity contribution in [3.8, 4) is 29.0 Å². The van der Waals surface area contributed by atoms with Crippen molar-refractivity contribution in [2.24, 2.45) is 0 Å². The van der Waals surface area contributed by atoms with Crippen LogP contribution in [0.3, 0.4) is 0 Å². The molecule has 2 aliphatic rings. The summed E-state index contributed by atoms with van der Waals surface area (Å²) in [6, 6.07) is 11.3. The van der Waals surface area contributed by atoms with Crippen LogP contribution < -0.4 is 10.6 Å². The number of rotatable bonds is 8. The summed E-state index contributed by atoms with van der Waals surface area (Å²) >= 11 is 0. The van der Waals surface area contributed by atoms with Crippen molar-refractivity contribution in [3.05, 3.63) is 71.3 Å². The third-order valence-electron chi connectivity index (χ3n) is 7.42. The Kier molecular flexibility index (Phi) is 7.18. The van der Waals surface area contributed by atoms with Crippen molar-refractivity contribution < 1.29 is 13.2 Å². The average molecular weight is 574 g/mol. The minimum atomic E-state index is -4.51. The Bertz CT molecular complexity index is 1630. The number of nitriles is 1. The van der Waals surface area contributed by atoms with Crippen LogP contribution in [0.25, 0.3) is 22.8 Å². The quantitative estimate of drug-likeness (QED) is 0.246. The van der Waals surface area contributed by atoms with Gasteiger partial charge in [0.05, 0.1) is 17.8 Å². The third-order valence-corrected chi connectivity index (χ3v) is 7.42. The lowest BCUT2D eigenvalue weighted by molar-refractivity contribution is -0.140. The highest BCUT2D eigenvalue weighted by Gasteiger charge is 2.35. The predicted octanol–water partition coefficient (Wildman–Crippen LogP) is 6.03. The van der Waals surface area contributed by atoms with E-state index in [0.717, 1.165) is 47.2 Å². The first-order chi connectivity index (χ1) is 20.2. The fourth-order valence-corrected chi connectivity index (χ4v) is 4.98. The lowest BCUT2D eigenvalue weighted by atomic mass is 10.1. The van der Waals surface area contributed by atoms with Crippen LogP contribution in [0.4, 0.5) is 24.8 Å². The van der Waals surface area contributed by atoms with Crippen molar-refractivity contribution in [1.29, 1.82) is 5.26 Å². The molecular formula is C30H30F3N9. The number of nitrogens with zero attached hydrogens (tertiary/aromatic N) is 7. The smallest absolute Gasteiger partial charge is 0.367 e. The molecule has 1 aromatic carbocycles. The Morgan fingerprint density at radius 2 is 1.86 bits per heavy atom. The Hall–Kier alpha value is -4.66. The van der Waals surface area contributed by atoms with Crippen molar-refractivity contribution in [1.82, 2.24) is 29.4 Å². The van der Waals surface area contributed by atoms with Crippen LogP contribution in [0.5, 0.6) is 0 Å². The summed E-state index contributed by atoms with van der Waals surface area (Å²) < 4.78 is 41.6. The monoisotopic (exact) mass is 573 g/mol. The number of pyridine rings is 1. The summed E-state index contributed by atoms with van der Waals surface area (Å²) in [6.07, 6.45) is 3.36. The topological polar surface area (TPSA) is 108 Å². The predicted molar refractivity (Wildman–Crippen MR) is 152 cm³/mol. The molecule has 0 unspecified atom stereocenters. The fraction of sp³-hybridized carbons (Fsp3) is 0.367. The van der Waals surface area contributed by atoms with Crippen molar-refractivity contribution in [2.75, 3.05) is 17.2 Å². The number of aromatic nitrogens is 5. The molecule has 42 heavy (non-hydrogen) atoms. The van der Waals surface area contributed by atoms with E-state index in [-0.39, 0.29) is 11.9 Å². The van der Waals surface area contributed by atoms with Gasteiger partial charge in [-0.1, -0.05) is 24.3 Å². The lowest BCUT2D eigenvalue weighted by Gasteiger charge is -2.26. The van der Waals surface area contributed by atoms with Gasteiger partial charge in [0.15, 0.2) is 17.7 Å². The van der Waals surface area contributed by atoms with Gasteiger partial charge in [-0.3, -0.25) is 0 Å². The minimum Gasteiger partial charge on any atom is -0.367 e. The highest BCUT2D eigenvalue weighted by Crippen LogP contribution is 2.34. The molecule has 12 heteroatoms. The lowest BCUT2D eigenvalue weighted by Crippen LogP contribution is -2.28. The highest BCUT2D eigenvalue weighted by molar-refractivity contribution is 5.72. The van der Waals surface area contributed by atoms with Gasteiger partial charge in [-0.05, 0) is 44.4 Å². The minimum absolute atomic E-state index is 0.184. The van der Waals surface area contributed by atoms with Crippen LogP contribution >= 0.6 is 0 Å². The van der Waals surface area contributed by atoms with Gasteiger partial charge in [0.25, 0.3) is 0 Å². The van der Waals surface area contributed by atoms with E-state index < -0.39 is 11.9 Å². The molecule has 0 spiro atoms. The third kappa shape index (κ3) is 5.72.